The summed E-state index contributed by atoms with van der Waals surface area (Å²) in [6, 6.07) is 12.4. The number of benzene rings is 2. The second-order valence-corrected chi connectivity index (χ2v) is 4.94. The summed E-state index contributed by atoms with van der Waals surface area (Å²) >= 11 is 6.03. The molecule has 0 radical (unpaired) electrons. The van der Waals surface area contributed by atoms with Gasteiger partial charge in [-0.3, -0.25) is 4.79 Å². The SMILES string of the molecule is Cc1c(Cl)cccc1C(=O)Nc1cccc(OCCN)c1. The Bertz CT molecular complexity index is 644. The second kappa shape index (κ2) is 7.11. The lowest BCUT2D eigenvalue weighted by atomic mass is 10.1. The number of carbonyl (C=O) groups excluding carboxylic acids is 1. The zero-order valence-corrected chi connectivity index (χ0v) is 12.5. The minimum absolute atomic E-state index is 0.203. The first-order valence-electron chi connectivity index (χ1n) is 6.61. The van der Waals surface area contributed by atoms with Gasteiger partial charge in [-0.2, -0.15) is 0 Å². The molecule has 1 amide bonds. The zero-order chi connectivity index (χ0) is 15.2. The van der Waals surface area contributed by atoms with Crippen LogP contribution < -0.4 is 15.8 Å². The smallest absolute Gasteiger partial charge is 0.255 e. The van der Waals surface area contributed by atoms with Crippen LogP contribution in [0.15, 0.2) is 42.5 Å². The first-order valence-corrected chi connectivity index (χ1v) is 6.99. The summed E-state index contributed by atoms with van der Waals surface area (Å²) in [5.41, 5.74) is 7.36. The molecule has 0 spiro atoms. The largest absolute Gasteiger partial charge is 0.492 e. The van der Waals surface area contributed by atoms with Crippen LogP contribution in [0.4, 0.5) is 5.69 Å². The number of rotatable bonds is 5. The van der Waals surface area contributed by atoms with Crippen LogP contribution in [0.1, 0.15) is 15.9 Å². The molecular weight excluding hydrogens is 288 g/mol. The average Bonchev–Trinajstić information content (AvgIpc) is 2.48. The van der Waals surface area contributed by atoms with E-state index in [4.69, 9.17) is 22.1 Å². The minimum atomic E-state index is -0.203. The topological polar surface area (TPSA) is 64.3 Å². The van der Waals surface area contributed by atoms with Crippen LogP contribution in [0.5, 0.6) is 5.75 Å². The van der Waals surface area contributed by atoms with Crippen LogP contribution in [0.2, 0.25) is 5.02 Å². The van der Waals surface area contributed by atoms with Gasteiger partial charge in [0.1, 0.15) is 12.4 Å². The highest BCUT2D eigenvalue weighted by atomic mass is 35.5. The van der Waals surface area contributed by atoms with E-state index in [1.54, 1.807) is 30.3 Å². The van der Waals surface area contributed by atoms with Gasteiger partial charge in [0.2, 0.25) is 0 Å². The lowest BCUT2D eigenvalue weighted by molar-refractivity contribution is 0.102. The monoisotopic (exact) mass is 304 g/mol. The second-order valence-electron chi connectivity index (χ2n) is 4.53. The summed E-state index contributed by atoms with van der Waals surface area (Å²) in [4.78, 5) is 12.3. The molecule has 0 saturated carbocycles. The Hall–Kier alpha value is -2.04. The van der Waals surface area contributed by atoms with Gasteiger partial charge >= 0.3 is 0 Å². The highest BCUT2D eigenvalue weighted by Gasteiger charge is 2.11. The molecule has 0 heterocycles. The normalized spacial score (nSPS) is 10.2. The van der Waals surface area contributed by atoms with Crippen LogP contribution in [0.25, 0.3) is 0 Å². The third-order valence-electron chi connectivity index (χ3n) is 2.99. The molecule has 0 aliphatic rings. The van der Waals surface area contributed by atoms with Crippen LogP contribution in [0.3, 0.4) is 0 Å². The van der Waals surface area contributed by atoms with Gasteiger partial charge in [0.15, 0.2) is 0 Å². The molecule has 0 aliphatic carbocycles. The van der Waals surface area contributed by atoms with Gasteiger partial charge in [-0.05, 0) is 36.8 Å². The summed E-state index contributed by atoms with van der Waals surface area (Å²) in [5, 5.41) is 3.41. The molecule has 2 aromatic carbocycles. The van der Waals surface area contributed by atoms with Crippen molar-refractivity contribution >= 4 is 23.2 Å². The lowest BCUT2D eigenvalue weighted by Gasteiger charge is -2.10. The van der Waals surface area contributed by atoms with E-state index in [9.17, 15) is 4.79 Å². The van der Waals surface area contributed by atoms with Crippen molar-refractivity contribution in [3.05, 3.63) is 58.6 Å². The molecule has 21 heavy (non-hydrogen) atoms. The summed E-state index contributed by atoms with van der Waals surface area (Å²) in [5.74, 6) is 0.465. The number of carbonyl (C=O) groups is 1. The van der Waals surface area contributed by atoms with Gasteiger partial charge in [-0.25, -0.2) is 0 Å². The maximum absolute atomic E-state index is 12.3. The number of nitrogens with one attached hydrogen (secondary N) is 1. The highest BCUT2D eigenvalue weighted by molar-refractivity contribution is 6.32. The van der Waals surface area contributed by atoms with Gasteiger partial charge in [0.05, 0.1) is 0 Å². The van der Waals surface area contributed by atoms with Crippen molar-refractivity contribution in [2.45, 2.75) is 6.92 Å². The van der Waals surface area contributed by atoms with Crippen molar-refractivity contribution in [1.82, 2.24) is 0 Å². The van der Waals surface area contributed by atoms with E-state index < -0.39 is 0 Å². The number of nitrogens with two attached hydrogens (primary N) is 1. The molecule has 0 aliphatic heterocycles. The van der Waals surface area contributed by atoms with Gasteiger partial charge < -0.3 is 15.8 Å². The Balaban J connectivity index is 2.14. The fraction of sp³-hybridized carbons (Fsp3) is 0.188. The quantitative estimate of drug-likeness (QED) is 0.891. The molecule has 0 bridgehead atoms. The Morgan fingerprint density at radius 2 is 2.05 bits per heavy atom. The zero-order valence-electron chi connectivity index (χ0n) is 11.7. The molecule has 5 heteroatoms. The van der Waals surface area contributed by atoms with Crippen LogP contribution in [-0.2, 0) is 0 Å². The maximum atomic E-state index is 12.3. The predicted molar refractivity (Wildman–Crippen MR) is 85.1 cm³/mol. The maximum Gasteiger partial charge on any atom is 0.255 e. The van der Waals surface area contributed by atoms with Crippen molar-refractivity contribution in [3.63, 3.8) is 0 Å². The van der Waals surface area contributed by atoms with Crippen molar-refractivity contribution in [1.29, 1.82) is 0 Å². The van der Waals surface area contributed by atoms with Crippen LogP contribution in [0, 0.1) is 6.92 Å². The molecule has 0 saturated heterocycles. The van der Waals surface area contributed by atoms with Crippen LogP contribution >= 0.6 is 11.6 Å². The molecule has 3 N–H and O–H groups in total. The molecule has 0 fully saturated rings. The third kappa shape index (κ3) is 3.97. The van der Waals surface area contributed by atoms with Crippen molar-refractivity contribution < 1.29 is 9.53 Å². The number of ether oxygens (including phenoxy) is 1. The third-order valence-corrected chi connectivity index (χ3v) is 3.40. The summed E-state index contributed by atoms with van der Waals surface area (Å²) in [6.07, 6.45) is 0. The molecule has 2 rings (SSSR count). The average molecular weight is 305 g/mol. The highest BCUT2D eigenvalue weighted by Crippen LogP contribution is 2.21. The van der Waals surface area contributed by atoms with E-state index in [1.807, 2.05) is 19.1 Å². The number of halogens is 1. The minimum Gasteiger partial charge on any atom is -0.492 e. The molecule has 0 atom stereocenters. The standard InChI is InChI=1S/C16H17ClN2O2/c1-11-14(6-3-7-15(11)17)16(20)19-12-4-2-5-13(10-12)21-9-8-18/h2-7,10H,8-9,18H2,1H3,(H,19,20). The first-order chi connectivity index (χ1) is 10.1. The van der Waals surface area contributed by atoms with Crippen molar-refractivity contribution in [2.75, 3.05) is 18.5 Å². The van der Waals surface area contributed by atoms with Gasteiger partial charge in [0, 0.05) is 28.9 Å². The Labute approximate surface area is 128 Å². The lowest BCUT2D eigenvalue weighted by Crippen LogP contribution is -2.14. The number of anilines is 1. The summed E-state index contributed by atoms with van der Waals surface area (Å²) in [6.45, 7) is 2.70. The van der Waals surface area contributed by atoms with Crippen molar-refractivity contribution in [3.8, 4) is 5.75 Å². The Morgan fingerprint density at radius 1 is 1.29 bits per heavy atom. The summed E-state index contributed by atoms with van der Waals surface area (Å²) in [7, 11) is 0. The van der Waals surface area contributed by atoms with Gasteiger partial charge in [-0.1, -0.05) is 23.7 Å². The van der Waals surface area contributed by atoms with E-state index in [1.165, 1.54) is 0 Å². The number of hydrogen-bond donors (Lipinski definition) is 2. The molecular formula is C16H17ClN2O2. The Morgan fingerprint density at radius 3 is 2.81 bits per heavy atom. The van der Waals surface area contributed by atoms with E-state index in [2.05, 4.69) is 5.32 Å². The predicted octanol–water partition coefficient (Wildman–Crippen LogP) is 3.24. The molecule has 110 valence electrons. The molecule has 0 aromatic heterocycles. The number of hydrogen-bond acceptors (Lipinski definition) is 3. The van der Waals surface area contributed by atoms with E-state index in [0.717, 1.165) is 5.56 Å². The summed E-state index contributed by atoms with van der Waals surface area (Å²) < 4.78 is 5.43. The molecule has 0 unspecified atom stereocenters. The van der Waals surface area contributed by atoms with E-state index in [-0.39, 0.29) is 5.91 Å². The Kier molecular flexibility index (Phi) is 5.20. The first kappa shape index (κ1) is 15.4. The van der Waals surface area contributed by atoms with Crippen molar-refractivity contribution in [2.24, 2.45) is 5.73 Å². The molecule has 2 aromatic rings. The van der Waals surface area contributed by atoms with Crippen LogP contribution in [-0.4, -0.2) is 19.1 Å². The van der Waals surface area contributed by atoms with E-state index in [0.29, 0.717) is 35.2 Å². The van der Waals surface area contributed by atoms with Gasteiger partial charge in [-0.15, -0.1) is 0 Å². The fourth-order valence-electron chi connectivity index (χ4n) is 1.89. The van der Waals surface area contributed by atoms with Gasteiger partial charge in [0.25, 0.3) is 5.91 Å². The number of amides is 1. The van der Waals surface area contributed by atoms with E-state index >= 15 is 0 Å². The fourth-order valence-corrected chi connectivity index (χ4v) is 2.07. The molecule has 4 nitrogen and oxygen atoms in total.